The molecule has 1 aliphatic heterocycles. The van der Waals surface area contributed by atoms with Crippen LogP contribution in [0.1, 0.15) is 19.1 Å². The second-order valence-corrected chi connectivity index (χ2v) is 5.14. The molecule has 0 spiro atoms. The van der Waals surface area contributed by atoms with Gasteiger partial charge in [0, 0.05) is 25.7 Å². The maximum Gasteiger partial charge on any atom is 0.246 e. The summed E-state index contributed by atoms with van der Waals surface area (Å²) >= 11 is 0. The van der Waals surface area contributed by atoms with Crippen molar-refractivity contribution >= 4 is 12.0 Å². The van der Waals surface area contributed by atoms with Gasteiger partial charge in [-0.3, -0.25) is 4.79 Å². The number of rotatable bonds is 5. The van der Waals surface area contributed by atoms with Gasteiger partial charge in [-0.1, -0.05) is 6.92 Å². The Morgan fingerprint density at radius 1 is 1.63 bits per heavy atom. The fourth-order valence-corrected chi connectivity index (χ4v) is 2.40. The predicted molar refractivity (Wildman–Crippen MR) is 75.6 cm³/mol. The predicted octanol–water partition coefficient (Wildman–Crippen LogP) is 2.09. The second-order valence-electron chi connectivity index (χ2n) is 5.14. The first-order valence-electron chi connectivity index (χ1n) is 6.88. The van der Waals surface area contributed by atoms with E-state index in [9.17, 15) is 4.79 Å². The van der Waals surface area contributed by atoms with Gasteiger partial charge in [0.15, 0.2) is 0 Å². The van der Waals surface area contributed by atoms with E-state index in [0.717, 1.165) is 38.4 Å². The van der Waals surface area contributed by atoms with E-state index in [1.54, 1.807) is 18.4 Å². The summed E-state index contributed by atoms with van der Waals surface area (Å²) in [5.74, 6) is 1.40. The van der Waals surface area contributed by atoms with Gasteiger partial charge in [0.05, 0.1) is 6.26 Å². The third kappa shape index (κ3) is 3.96. The van der Waals surface area contributed by atoms with Crippen molar-refractivity contribution in [3.63, 3.8) is 0 Å². The number of nitrogens with zero attached hydrogens (tertiary/aromatic N) is 2. The Morgan fingerprint density at radius 2 is 2.47 bits per heavy atom. The number of likely N-dealkylation sites (tertiary alicyclic amines) is 1. The van der Waals surface area contributed by atoms with Gasteiger partial charge in [-0.2, -0.15) is 0 Å². The molecule has 0 saturated carbocycles. The monoisotopic (exact) mass is 262 g/mol. The normalized spacial score (nSPS) is 19.7. The standard InChI is InChI=1S/C15H22N2O2/c1-3-16(2)11-13-8-9-17(12-13)15(18)7-6-14-5-4-10-19-14/h4-7,10,13H,3,8-9,11-12H2,1-2H3/b7-6+. The molecule has 0 aliphatic carbocycles. The minimum absolute atomic E-state index is 0.0815. The van der Waals surface area contributed by atoms with Gasteiger partial charge < -0.3 is 14.2 Å². The van der Waals surface area contributed by atoms with Crippen LogP contribution in [-0.4, -0.2) is 48.9 Å². The summed E-state index contributed by atoms with van der Waals surface area (Å²) in [6, 6.07) is 3.66. The maximum atomic E-state index is 12.0. The molecule has 0 radical (unpaired) electrons. The van der Waals surface area contributed by atoms with Crippen LogP contribution >= 0.6 is 0 Å². The topological polar surface area (TPSA) is 36.7 Å². The van der Waals surface area contributed by atoms with Crippen LogP contribution in [0.25, 0.3) is 6.08 Å². The summed E-state index contributed by atoms with van der Waals surface area (Å²) in [4.78, 5) is 16.3. The highest BCUT2D eigenvalue weighted by molar-refractivity contribution is 5.91. The van der Waals surface area contributed by atoms with Crippen molar-refractivity contribution < 1.29 is 9.21 Å². The lowest BCUT2D eigenvalue weighted by molar-refractivity contribution is -0.125. The molecule has 1 fully saturated rings. The van der Waals surface area contributed by atoms with Crippen LogP contribution in [0.2, 0.25) is 0 Å². The zero-order valence-corrected chi connectivity index (χ0v) is 11.7. The fraction of sp³-hybridized carbons (Fsp3) is 0.533. The molecule has 1 aliphatic rings. The largest absolute Gasteiger partial charge is 0.465 e. The van der Waals surface area contributed by atoms with Crippen molar-refractivity contribution in [1.29, 1.82) is 0 Å². The molecule has 1 unspecified atom stereocenters. The average Bonchev–Trinajstić information content (AvgIpc) is 3.07. The molecule has 1 aromatic heterocycles. The molecular weight excluding hydrogens is 240 g/mol. The Bertz CT molecular complexity index is 425. The Kier molecular flexibility index (Phi) is 4.80. The Labute approximate surface area is 114 Å². The first-order chi connectivity index (χ1) is 9.19. The van der Waals surface area contributed by atoms with Gasteiger partial charge in [-0.15, -0.1) is 0 Å². The van der Waals surface area contributed by atoms with Crippen LogP contribution in [0, 0.1) is 5.92 Å². The maximum absolute atomic E-state index is 12.0. The SMILES string of the molecule is CCN(C)CC1CCN(C(=O)/C=C/c2ccco2)C1. The molecular formula is C15H22N2O2. The Morgan fingerprint density at radius 3 is 3.16 bits per heavy atom. The third-order valence-electron chi connectivity index (χ3n) is 3.64. The number of hydrogen-bond donors (Lipinski definition) is 0. The van der Waals surface area contributed by atoms with E-state index >= 15 is 0 Å². The van der Waals surface area contributed by atoms with E-state index in [4.69, 9.17) is 4.42 Å². The van der Waals surface area contributed by atoms with E-state index in [1.807, 2.05) is 17.0 Å². The summed E-state index contributed by atoms with van der Waals surface area (Å²) in [5.41, 5.74) is 0. The molecule has 2 rings (SSSR count). The molecule has 4 heteroatoms. The molecule has 0 aromatic carbocycles. The molecule has 0 N–H and O–H groups in total. The average molecular weight is 262 g/mol. The van der Waals surface area contributed by atoms with E-state index in [2.05, 4.69) is 18.9 Å². The van der Waals surface area contributed by atoms with Gasteiger partial charge in [0.1, 0.15) is 5.76 Å². The van der Waals surface area contributed by atoms with Crippen LogP contribution in [0.15, 0.2) is 28.9 Å². The molecule has 0 bridgehead atoms. The van der Waals surface area contributed by atoms with Crippen molar-refractivity contribution in [2.75, 3.05) is 33.2 Å². The zero-order chi connectivity index (χ0) is 13.7. The first kappa shape index (κ1) is 13.9. The summed E-state index contributed by atoms with van der Waals surface area (Å²) < 4.78 is 5.17. The molecule has 104 valence electrons. The quantitative estimate of drug-likeness (QED) is 0.762. The minimum Gasteiger partial charge on any atom is -0.465 e. The van der Waals surface area contributed by atoms with Gasteiger partial charge in [0.2, 0.25) is 5.91 Å². The highest BCUT2D eigenvalue weighted by Gasteiger charge is 2.25. The fourth-order valence-electron chi connectivity index (χ4n) is 2.40. The van der Waals surface area contributed by atoms with Crippen molar-refractivity contribution in [2.24, 2.45) is 5.92 Å². The van der Waals surface area contributed by atoms with E-state index in [0.29, 0.717) is 5.92 Å². The molecule has 19 heavy (non-hydrogen) atoms. The van der Waals surface area contributed by atoms with E-state index in [1.165, 1.54) is 0 Å². The Balaban J connectivity index is 1.81. The summed E-state index contributed by atoms with van der Waals surface area (Å²) in [6.07, 6.45) is 6.04. The lowest BCUT2D eigenvalue weighted by Crippen LogP contribution is -2.30. The molecule has 1 aromatic rings. The van der Waals surface area contributed by atoms with Crippen LogP contribution < -0.4 is 0 Å². The number of carbonyl (C=O) groups is 1. The smallest absolute Gasteiger partial charge is 0.246 e. The Hall–Kier alpha value is -1.55. The zero-order valence-electron chi connectivity index (χ0n) is 11.7. The molecule has 1 saturated heterocycles. The third-order valence-corrected chi connectivity index (χ3v) is 3.64. The lowest BCUT2D eigenvalue weighted by Gasteiger charge is -2.19. The number of amides is 1. The van der Waals surface area contributed by atoms with Gasteiger partial charge in [-0.05, 0) is 44.1 Å². The van der Waals surface area contributed by atoms with Crippen molar-refractivity contribution in [3.05, 3.63) is 30.2 Å². The molecule has 1 atom stereocenters. The van der Waals surface area contributed by atoms with Crippen molar-refractivity contribution in [2.45, 2.75) is 13.3 Å². The lowest BCUT2D eigenvalue weighted by atomic mass is 10.1. The van der Waals surface area contributed by atoms with Crippen LogP contribution in [0.4, 0.5) is 0 Å². The number of carbonyl (C=O) groups excluding carboxylic acids is 1. The van der Waals surface area contributed by atoms with Crippen LogP contribution in [-0.2, 0) is 4.79 Å². The summed E-state index contributed by atoms with van der Waals surface area (Å²) in [7, 11) is 2.13. The number of furan rings is 1. The van der Waals surface area contributed by atoms with Crippen LogP contribution in [0.5, 0.6) is 0 Å². The van der Waals surface area contributed by atoms with Crippen molar-refractivity contribution in [3.8, 4) is 0 Å². The first-order valence-corrected chi connectivity index (χ1v) is 6.88. The molecule has 4 nitrogen and oxygen atoms in total. The van der Waals surface area contributed by atoms with Gasteiger partial charge in [-0.25, -0.2) is 0 Å². The second kappa shape index (κ2) is 6.57. The van der Waals surface area contributed by atoms with Crippen molar-refractivity contribution in [1.82, 2.24) is 9.80 Å². The highest BCUT2D eigenvalue weighted by atomic mass is 16.3. The van der Waals surface area contributed by atoms with E-state index in [-0.39, 0.29) is 5.91 Å². The van der Waals surface area contributed by atoms with Gasteiger partial charge in [0.25, 0.3) is 0 Å². The van der Waals surface area contributed by atoms with Gasteiger partial charge >= 0.3 is 0 Å². The van der Waals surface area contributed by atoms with E-state index < -0.39 is 0 Å². The van der Waals surface area contributed by atoms with Crippen LogP contribution in [0.3, 0.4) is 0 Å². The highest BCUT2D eigenvalue weighted by Crippen LogP contribution is 2.17. The number of hydrogen-bond acceptors (Lipinski definition) is 3. The minimum atomic E-state index is 0.0815. The summed E-state index contributed by atoms with van der Waals surface area (Å²) in [6.45, 7) is 6.02. The summed E-state index contributed by atoms with van der Waals surface area (Å²) in [5, 5.41) is 0. The molecule has 2 heterocycles. The molecule has 1 amide bonds.